The van der Waals surface area contributed by atoms with Crippen LogP contribution in [0.2, 0.25) is 0 Å². The number of aromatic carboxylic acids is 1. The Morgan fingerprint density at radius 2 is 1.81 bits per heavy atom. The second-order valence-corrected chi connectivity index (χ2v) is 8.48. The number of carbonyl (C=O) groups is 2. The van der Waals surface area contributed by atoms with Gasteiger partial charge in [-0.2, -0.15) is 0 Å². The van der Waals surface area contributed by atoms with Crippen molar-refractivity contribution >= 4 is 22.8 Å². The minimum atomic E-state index is -1.36. The molecular weight excluding hydrogens is 463 g/mol. The van der Waals surface area contributed by atoms with Crippen LogP contribution in [0.4, 0.5) is 4.39 Å². The van der Waals surface area contributed by atoms with Crippen LogP contribution in [0.15, 0.2) is 77.6 Å². The molecule has 0 unspecified atom stereocenters. The third-order valence-electron chi connectivity index (χ3n) is 5.84. The van der Waals surface area contributed by atoms with E-state index in [9.17, 15) is 23.9 Å². The summed E-state index contributed by atoms with van der Waals surface area (Å²) in [7, 11) is 0. The molecule has 4 aromatic rings. The molecule has 0 aliphatic heterocycles. The first-order valence-corrected chi connectivity index (χ1v) is 11.4. The molecule has 4 rings (SSSR count). The molecule has 0 atom stereocenters. The summed E-state index contributed by atoms with van der Waals surface area (Å²) in [6.07, 6.45) is 0.525. The number of rotatable bonds is 9. The number of H-pyrrole nitrogens is 1. The smallest absolute Gasteiger partial charge is 0.339 e. The summed E-state index contributed by atoms with van der Waals surface area (Å²) in [4.78, 5) is 41.7. The Balaban J connectivity index is 1.58. The van der Waals surface area contributed by atoms with E-state index in [1.54, 1.807) is 6.07 Å². The predicted octanol–water partition coefficient (Wildman–Crippen LogP) is 4.32. The highest BCUT2D eigenvalue weighted by molar-refractivity contribution is 5.91. The maximum Gasteiger partial charge on any atom is 0.339 e. The number of carboxylic acid groups (broad SMARTS) is 1. The van der Waals surface area contributed by atoms with Crippen molar-refractivity contribution in [2.45, 2.75) is 19.9 Å². The third kappa shape index (κ3) is 5.78. The number of fused-ring (bicyclic) bond motifs is 1. The number of benzene rings is 3. The second-order valence-electron chi connectivity index (χ2n) is 8.48. The summed E-state index contributed by atoms with van der Waals surface area (Å²) in [6, 6.07) is 20.5. The molecule has 0 fully saturated rings. The summed E-state index contributed by atoms with van der Waals surface area (Å²) in [5.41, 5.74) is 2.42. The number of nitrogens with one attached hydrogen (secondary N) is 1. The number of aromatic nitrogens is 1. The van der Waals surface area contributed by atoms with Gasteiger partial charge in [-0.15, -0.1) is 0 Å². The van der Waals surface area contributed by atoms with E-state index in [1.807, 2.05) is 55.5 Å². The molecule has 184 valence electrons. The van der Waals surface area contributed by atoms with Gasteiger partial charge in [0.15, 0.2) is 18.2 Å². The molecule has 0 spiro atoms. The Morgan fingerprint density at radius 1 is 1.03 bits per heavy atom. The fourth-order valence-corrected chi connectivity index (χ4v) is 3.93. The number of nitrogens with zero attached hydrogens (tertiary/aromatic N) is 1. The molecule has 8 heteroatoms. The molecular formula is C28H25FN2O5. The van der Waals surface area contributed by atoms with Gasteiger partial charge in [0.1, 0.15) is 5.56 Å². The van der Waals surface area contributed by atoms with Crippen LogP contribution in [-0.4, -0.2) is 40.0 Å². The van der Waals surface area contributed by atoms with E-state index in [1.165, 1.54) is 17.0 Å². The predicted molar refractivity (Wildman–Crippen MR) is 134 cm³/mol. The Hall–Kier alpha value is -4.46. The van der Waals surface area contributed by atoms with Crippen LogP contribution in [0.25, 0.3) is 10.9 Å². The Morgan fingerprint density at radius 3 is 2.56 bits per heavy atom. The number of halogens is 1. The number of pyridine rings is 1. The fourth-order valence-electron chi connectivity index (χ4n) is 3.93. The van der Waals surface area contributed by atoms with Crippen LogP contribution in [-0.2, 0) is 17.8 Å². The van der Waals surface area contributed by atoms with Crippen molar-refractivity contribution in [2.24, 2.45) is 0 Å². The molecule has 0 aliphatic rings. The standard InChI is InChI=1S/C28H25FN2O5/c1-18-10-11-20-15-21(27(33)30-24(20)14-18)16-31(13-12-19-6-3-2-4-7-19)25(32)17-36-26-22(28(34)35)8-5-9-23(26)29/h2-11,14-15H,12-13,16-17H2,1H3,(H,30,33)(H,34,35). The Bertz CT molecular complexity index is 1470. The van der Waals surface area contributed by atoms with E-state index in [0.717, 1.165) is 22.6 Å². The van der Waals surface area contributed by atoms with Crippen LogP contribution in [0.5, 0.6) is 5.75 Å². The van der Waals surface area contributed by atoms with E-state index in [4.69, 9.17) is 4.74 Å². The first-order chi connectivity index (χ1) is 17.3. The first kappa shape index (κ1) is 24.7. The van der Waals surface area contributed by atoms with Crippen molar-refractivity contribution < 1.29 is 23.8 Å². The highest BCUT2D eigenvalue weighted by atomic mass is 19.1. The lowest BCUT2D eigenvalue weighted by Gasteiger charge is -2.23. The van der Waals surface area contributed by atoms with E-state index < -0.39 is 30.1 Å². The maximum absolute atomic E-state index is 14.2. The van der Waals surface area contributed by atoms with E-state index in [2.05, 4.69) is 4.98 Å². The monoisotopic (exact) mass is 488 g/mol. The first-order valence-electron chi connectivity index (χ1n) is 11.4. The van der Waals surface area contributed by atoms with Crippen LogP contribution >= 0.6 is 0 Å². The van der Waals surface area contributed by atoms with Crippen molar-refractivity contribution in [3.8, 4) is 5.75 Å². The van der Waals surface area contributed by atoms with Crippen molar-refractivity contribution in [1.29, 1.82) is 0 Å². The summed E-state index contributed by atoms with van der Waals surface area (Å²) >= 11 is 0. The minimum absolute atomic E-state index is 0.0111. The number of hydrogen-bond acceptors (Lipinski definition) is 4. The van der Waals surface area contributed by atoms with Gasteiger partial charge in [-0.05, 0) is 54.1 Å². The summed E-state index contributed by atoms with van der Waals surface area (Å²) in [6.45, 7) is 1.64. The Labute approximate surface area is 206 Å². The van der Waals surface area contributed by atoms with E-state index >= 15 is 0 Å². The van der Waals surface area contributed by atoms with Gasteiger partial charge >= 0.3 is 5.97 Å². The number of aromatic amines is 1. The molecule has 0 saturated carbocycles. The zero-order chi connectivity index (χ0) is 25.7. The van der Waals surface area contributed by atoms with Gasteiger partial charge in [0.05, 0.1) is 6.54 Å². The molecule has 0 bridgehead atoms. The molecule has 3 aromatic carbocycles. The van der Waals surface area contributed by atoms with Crippen LogP contribution in [0.1, 0.15) is 27.0 Å². The lowest BCUT2D eigenvalue weighted by molar-refractivity contribution is -0.134. The second kappa shape index (κ2) is 10.9. The van der Waals surface area contributed by atoms with Gasteiger partial charge in [-0.25, -0.2) is 9.18 Å². The number of hydrogen-bond donors (Lipinski definition) is 2. The molecule has 0 aliphatic carbocycles. The Kier molecular flexibility index (Phi) is 7.44. The van der Waals surface area contributed by atoms with Crippen molar-refractivity contribution in [3.63, 3.8) is 0 Å². The van der Waals surface area contributed by atoms with Crippen LogP contribution in [0.3, 0.4) is 0 Å². The van der Waals surface area contributed by atoms with Crippen molar-refractivity contribution in [1.82, 2.24) is 9.88 Å². The van der Waals surface area contributed by atoms with Gasteiger partial charge < -0.3 is 19.7 Å². The van der Waals surface area contributed by atoms with Crippen molar-refractivity contribution in [2.75, 3.05) is 13.2 Å². The number of carbonyl (C=O) groups excluding carboxylic acids is 1. The normalized spacial score (nSPS) is 10.8. The molecule has 2 N–H and O–H groups in total. The number of ether oxygens (including phenoxy) is 1. The average molecular weight is 489 g/mol. The quantitative estimate of drug-likeness (QED) is 0.366. The molecule has 0 radical (unpaired) electrons. The number of carboxylic acids is 1. The highest BCUT2D eigenvalue weighted by Gasteiger charge is 2.21. The molecule has 0 saturated heterocycles. The average Bonchev–Trinajstić information content (AvgIpc) is 2.86. The molecule has 1 aromatic heterocycles. The minimum Gasteiger partial charge on any atom is -0.480 e. The number of amides is 1. The van der Waals surface area contributed by atoms with Crippen LogP contribution < -0.4 is 10.3 Å². The lowest BCUT2D eigenvalue weighted by Crippen LogP contribution is -2.37. The molecule has 7 nitrogen and oxygen atoms in total. The molecule has 36 heavy (non-hydrogen) atoms. The van der Waals surface area contributed by atoms with Gasteiger partial charge in [0, 0.05) is 17.6 Å². The molecule has 1 heterocycles. The zero-order valence-corrected chi connectivity index (χ0v) is 19.7. The summed E-state index contributed by atoms with van der Waals surface area (Å²) in [5.74, 6) is -3.25. The van der Waals surface area contributed by atoms with Gasteiger partial charge in [0.2, 0.25) is 0 Å². The summed E-state index contributed by atoms with van der Waals surface area (Å²) < 4.78 is 19.6. The van der Waals surface area contributed by atoms with Gasteiger partial charge in [-0.3, -0.25) is 9.59 Å². The van der Waals surface area contributed by atoms with Gasteiger partial charge in [-0.1, -0.05) is 48.5 Å². The SMILES string of the molecule is Cc1ccc2cc(CN(CCc3ccccc3)C(=O)COc3c(F)cccc3C(=O)O)c(=O)[nH]c2c1. The van der Waals surface area contributed by atoms with Gasteiger partial charge in [0.25, 0.3) is 11.5 Å². The lowest BCUT2D eigenvalue weighted by atomic mass is 10.1. The zero-order valence-electron chi connectivity index (χ0n) is 19.7. The highest BCUT2D eigenvalue weighted by Crippen LogP contribution is 2.23. The van der Waals surface area contributed by atoms with E-state index in [-0.39, 0.29) is 24.2 Å². The summed E-state index contributed by atoms with van der Waals surface area (Å²) in [5, 5.41) is 10.2. The maximum atomic E-state index is 14.2. The topological polar surface area (TPSA) is 99.7 Å². The van der Waals surface area contributed by atoms with E-state index in [0.29, 0.717) is 17.5 Å². The molecule has 1 amide bonds. The third-order valence-corrected chi connectivity index (χ3v) is 5.84. The fraction of sp³-hybridized carbons (Fsp3) is 0.179. The number of para-hydroxylation sites is 1. The van der Waals surface area contributed by atoms with Crippen LogP contribution in [0, 0.1) is 12.7 Å². The number of aryl methyl sites for hydroxylation is 1. The largest absolute Gasteiger partial charge is 0.480 e. The van der Waals surface area contributed by atoms with Crippen molar-refractivity contribution in [3.05, 3.63) is 111 Å².